The normalized spacial score (nSPS) is 13.5. The number of fused-ring (bicyclic) bond motifs is 1. The first kappa shape index (κ1) is 24.1. The standard InChI is InChI=1S/C26H29N3O6/c1-5-35-26(31)19-16-27-23-21(34-4)10-9-20(33-3)22(23)24(19)28-11-13-29(14-12-28)25(30)17-7-6-8-18(15-17)32-2/h6-10,15-16H,5,11-14H2,1-4H3. The molecule has 0 bridgehead atoms. The molecular formula is C26H29N3O6. The highest BCUT2D eigenvalue weighted by molar-refractivity contribution is 6.09. The van der Waals surface area contributed by atoms with Crippen LogP contribution >= 0.6 is 0 Å². The number of benzene rings is 2. The first-order valence-electron chi connectivity index (χ1n) is 11.4. The molecule has 0 spiro atoms. The number of hydrogen-bond donors (Lipinski definition) is 0. The summed E-state index contributed by atoms with van der Waals surface area (Å²) >= 11 is 0. The Bertz CT molecular complexity index is 1240. The van der Waals surface area contributed by atoms with Gasteiger partial charge >= 0.3 is 5.97 Å². The van der Waals surface area contributed by atoms with E-state index in [1.807, 2.05) is 6.07 Å². The molecule has 0 saturated carbocycles. The first-order valence-corrected chi connectivity index (χ1v) is 11.4. The van der Waals surface area contributed by atoms with Gasteiger partial charge in [0, 0.05) is 37.9 Å². The van der Waals surface area contributed by atoms with Crippen LogP contribution in [0.3, 0.4) is 0 Å². The molecule has 4 rings (SSSR count). The van der Waals surface area contributed by atoms with Crippen molar-refractivity contribution in [2.24, 2.45) is 0 Å². The van der Waals surface area contributed by atoms with Gasteiger partial charge < -0.3 is 28.7 Å². The molecule has 2 aromatic carbocycles. The lowest BCUT2D eigenvalue weighted by molar-refractivity contribution is 0.0525. The average molecular weight is 480 g/mol. The summed E-state index contributed by atoms with van der Waals surface area (Å²) in [5.41, 5.74) is 2.17. The molecule has 1 amide bonds. The number of esters is 1. The lowest BCUT2D eigenvalue weighted by Gasteiger charge is -2.37. The van der Waals surface area contributed by atoms with E-state index in [9.17, 15) is 9.59 Å². The molecule has 184 valence electrons. The van der Waals surface area contributed by atoms with Crippen molar-refractivity contribution in [3.63, 3.8) is 0 Å². The number of carbonyl (C=O) groups is 2. The van der Waals surface area contributed by atoms with E-state index < -0.39 is 5.97 Å². The maximum atomic E-state index is 13.1. The number of aromatic nitrogens is 1. The highest BCUT2D eigenvalue weighted by atomic mass is 16.5. The minimum absolute atomic E-state index is 0.0620. The van der Waals surface area contributed by atoms with Crippen molar-refractivity contribution in [2.75, 3.05) is 59.0 Å². The number of rotatable bonds is 7. The lowest BCUT2D eigenvalue weighted by atomic mass is 10.0. The number of hydrogen-bond acceptors (Lipinski definition) is 8. The fourth-order valence-electron chi connectivity index (χ4n) is 4.33. The Kier molecular flexibility index (Phi) is 7.24. The second-order valence-electron chi connectivity index (χ2n) is 7.95. The molecule has 1 aliphatic heterocycles. The number of amides is 1. The topological polar surface area (TPSA) is 90.4 Å². The van der Waals surface area contributed by atoms with Gasteiger partial charge in [0.25, 0.3) is 5.91 Å². The second-order valence-corrected chi connectivity index (χ2v) is 7.95. The summed E-state index contributed by atoms with van der Waals surface area (Å²) in [7, 11) is 4.73. The molecule has 0 aliphatic carbocycles. The van der Waals surface area contributed by atoms with Gasteiger partial charge in [0.2, 0.25) is 0 Å². The zero-order chi connectivity index (χ0) is 24.9. The summed E-state index contributed by atoms with van der Waals surface area (Å²) < 4.78 is 21.7. The molecule has 0 N–H and O–H groups in total. The Morgan fingerprint density at radius 2 is 1.66 bits per heavy atom. The van der Waals surface area contributed by atoms with Gasteiger partial charge in [-0.3, -0.25) is 9.78 Å². The smallest absolute Gasteiger partial charge is 0.341 e. The molecular weight excluding hydrogens is 450 g/mol. The van der Waals surface area contributed by atoms with Gasteiger partial charge in [0.15, 0.2) is 0 Å². The fraction of sp³-hybridized carbons (Fsp3) is 0.346. The predicted octanol–water partition coefficient (Wildman–Crippen LogP) is 3.40. The maximum Gasteiger partial charge on any atom is 0.341 e. The largest absolute Gasteiger partial charge is 0.497 e. The van der Waals surface area contributed by atoms with Crippen LogP contribution in [0.1, 0.15) is 27.6 Å². The Labute approximate surface area is 204 Å². The van der Waals surface area contributed by atoms with Crippen LogP contribution in [0, 0.1) is 0 Å². The molecule has 0 atom stereocenters. The van der Waals surface area contributed by atoms with Crippen LogP contribution in [-0.2, 0) is 4.74 Å². The fourth-order valence-corrected chi connectivity index (χ4v) is 4.33. The van der Waals surface area contributed by atoms with Crippen molar-refractivity contribution < 1.29 is 28.5 Å². The van der Waals surface area contributed by atoms with Crippen molar-refractivity contribution in [1.82, 2.24) is 9.88 Å². The number of carbonyl (C=O) groups excluding carboxylic acids is 2. The Hall–Kier alpha value is -4.01. The summed E-state index contributed by atoms with van der Waals surface area (Å²) in [5.74, 6) is 1.26. The van der Waals surface area contributed by atoms with Crippen LogP contribution in [0.2, 0.25) is 0 Å². The molecule has 35 heavy (non-hydrogen) atoms. The molecule has 1 saturated heterocycles. The summed E-state index contributed by atoms with van der Waals surface area (Å²) in [6, 6.07) is 10.7. The van der Waals surface area contributed by atoms with Crippen molar-refractivity contribution >= 4 is 28.5 Å². The van der Waals surface area contributed by atoms with Crippen LogP contribution in [0.4, 0.5) is 5.69 Å². The van der Waals surface area contributed by atoms with Crippen LogP contribution in [0.25, 0.3) is 10.9 Å². The Morgan fingerprint density at radius 3 is 2.31 bits per heavy atom. The van der Waals surface area contributed by atoms with Gasteiger partial charge in [-0.05, 0) is 37.3 Å². The third-order valence-electron chi connectivity index (χ3n) is 6.05. The average Bonchev–Trinajstić information content (AvgIpc) is 2.91. The molecule has 9 nitrogen and oxygen atoms in total. The van der Waals surface area contributed by atoms with E-state index in [0.717, 1.165) is 0 Å². The van der Waals surface area contributed by atoms with Crippen LogP contribution in [-0.4, -0.2) is 75.9 Å². The van der Waals surface area contributed by atoms with Gasteiger partial charge in [-0.2, -0.15) is 0 Å². The van der Waals surface area contributed by atoms with E-state index in [4.69, 9.17) is 18.9 Å². The van der Waals surface area contributed by atoms with E-state index in [1.54, 1.807) is 63.5 Å². The molecule has 3 aromatic rings. The summed E-state index contributed by atoms with van der Waals surface area (Å²) in [6.45, 7) is 4.00. The van der Waals surface area contributed by atoms with Gasteiger partial charge in [-0.1, -0.05) is 6.07 Å². The van der Waals surface area contributed by atoms with E-state index in [2.05, 4.69) is 9.88 Å². The number of ether oxygens (including phenoxy) is 4. The van der Waals surface area contributed by atoms with Gasteiger partial charge in [-0.25, -0.2) is 4.79 Å². The molecule has 1 aromatic heterocycles. The van der Waals surface area contributed by atoms with Gasteiger partial charge in [0.1, 0.15) is 28.3 Å². The number of methoxy groups -OCH3 is 3. The van der Waals surface area contributed by atoms with Crippen molar-refractivity contribution in [2.45, 2.75) is 6.92 Å². The van der Waals surface area contributed by atoms with E-state index in [0.29, 0.717) is 71.1 Å². The predicted molar refractivity (Wildman–Crippen MR) is 132 cm³/mol. The molecule has 1 fully saturated rings. The number of anilines is 1. The van der Waals surface area contributed by atoms with Crippen molar-refractivity contribution in [3.05, 3.63) is 53.7 Å². The Balaban J connectivity index is 1.70. The minimum atomic E-state index is -0.461. The quantitative estimate of drug-likeness (QED) is 0.477. The third-order valence-corrected chi connectivity index (χ3v) is 6.05. The van der Waals surface area contributed by atoms with Crippen LogP contribution in [0.5, 0.6) is 17.2 Å². The van der Waals surface area contributed by atoms with Crippen LogP contribution in [0.15, 0.2) is 42.6 Å². The monoisotopic (exact) mass is 479 g/mol. The minimum Gasteiger partial charge on any atom is -0.497 e. The third kappa shape index (κ3) is 4.66. The number of piperazine rings is 1. The van der Waals surface area contributed by atoms with Gasteiger partial charge in [-0.15, -0.1) is 0 Å². The second kappa shape index (κ2) is 10.5. The van der Waals surface area contributed by atoms with Crippen molar-refractivity contribution in [3.8, 4) is 17.2 Å². The lowest BCUT2D eigenvalue weighted by Crippen LogP contribution is -2.49. The van der Waals surface area contributed by atoms with Gasteiger partial charge in [0.05, 0.1) is 39.0 Å². The summed E-state index contributed by atoms with van der Waals surface area (Å²) in [5, 5.41) is 0.671. The highest BCUT2D eigenvalue weighted by Gasteiger charge is 2.29. The summed E-state index contributed by atoms with van der Waals surface area (Å²) in [4.78, 5) is 34.4. The molecule has 0 radical (unpaired) electrons. The Morgan fingerprint density at radius 1 is 0.943 bits per heavy atom. The zero-order valence-electron chi connectivity index (χ0n) is 20.4. The number of pyridine rings is 1. The summed E-state index contributed by atoms with van der Waals surface area (Å²) in [6.07, 6.45) is 1.52. The SMILES string of the molecule is CCOC(=O)c1cnc2c(OC)ccc(OC)c2c1N1CCN(C(=O)c2cccc(OC)c2)CC1. The van der Waals surface area contributed by atoms with Crippen molar-refractivity contribution in [1.29, 1.82) is 0 Å². The first-order chi connectivity index (χ1) is 17.0. The van der Waals surface area contributed by atoms with E-state index in [-0.39, 0.29) is 12.5 Å². The molecule has 0 unspecified atom stereocenters. The number of nitrogens with zero attached hydrogens (tertiary/aromatic N) is 3. The van der Waals surface area contributed by atoms with E-state index >= 15 is 0 Å². The van der Waals surface area contributed by atoms with E-state index in [1.165, 1.54) is 6.20 Å². The molecule has 9 heteroatoms. The van der Waals surface area contributed by atoms with Crippen LogP contribution < -0.4 is 19.1 Å². The maximum absolute atomic E-state index is 13.1. The molecule has 1 aliphatic rings. The highest BCUT2D eigenvalue weighted by Crippen LogP contribution is 2.41. The molecule has 2 heterocycles. The zero-order valence-corrected chi connectivity index (χ0v) is 20.4.